The maximum absolute atomic E-state index is 12.5. The molecule has 4 aromatic rings. The predicted molar refractivity (Wildman–Crippen MR) is 114 cm³/mol. The second kappa shape index (κ2) is 7.35. The Morgan fingerprint density at radius 3 is 2.56 bits per heavy atom. The molecule has 0 aliphatic carbocycles. The normalized spacial score (nSPS) is 10.9. The fraction of sp³-hybridized carbons (Fsp3) is 0. The van der Waals surface area contributed by atoms with Crippen LogP contribution in [0.3, 0.4) is 0 Å². The third kappa shape index (κ3) is 3.86. The molecule has 0 aliphatic rings. The van der Waals surface area contributed by atoms with E-state index in [4.69, 9.17) is 23.2 Å². The molecule has 0 bridgehead atoms. The van der Waals surface area contributed by atoms with Crippen molar-refractivity contribution in [2.75, 3.05) is 5.32 Å². The van der Waals surface area contributed by atoms with Gasteiger partial charge in [-0.3, -0.25) is 4.79 Å². The summed E-state index contributed by atoms with van der Waals surface area (Å²) in [5.41, 5.74) is 3.60. The highest BCUT2D eigenvalue weighted by Gasteiger charge is 2.12. The number of H-pyrrole nitrogens is 1. The molecule has 1 heterocycles. The van der Waals surface area contributed by atoms with Crippen molar-refractivity contribution in [2.24, 2.45) is 0 Å². The summed E-state index contributed by atoms with van der Waals surface area (Å²) in [6.45, 7) is 0. The second-order valence-corrected chi connectivity index (χ2v) is 7.66. The number of imidazole rings is 1. The fourth-order valence-electron chi connectivity index (χ4n) is 2.70. The first-order valence-electron chi connectivity index (χ1n) is 8.02. The number of benzene rings is 3. The second-order valence-electron chi connectivity index (χ2n) is 5.90. The number of hydrogen-bond acceptors (Lipinski definition) is 2. The molecule has 7 heteroatoms. The van der Waals surface area contributed by atoms with Crippen LogP contribution in [0.1, 0.15) is 10.4 Å². The monoisotopic (exact) mass is 459 g/mol. The molecule has 27 heavy (non-hydrogen) atoms. The molecule has 0 atom stereocenters. The van der Waals surface area contributed by atoms with Crippen molar-refractivity contribution in [3.05, 3.63) is 80.7 Å². The van der Waals surface area contributed by atoms with Crippen molar-refractivity contribution in [1.29, 1.82) is 0 Å². The maximum atomic E-state index is 12.5. The lowest BCUT2D eigenvalue weighted by atomic mass is 10.2. The summed E-state index contributed by atoms with van der Waals surface area (Å²) in [6, 6.07) is 18.1. The number of aromatic amines is 1. The Kier molecular flexibility index (Phi) is 4.91. The number of carbonyl (C=O) groups excluding carboxylic acids is 1. The molecular weight excluding hydrogens is 449 g/mol. The number of rotatable bonds is 3. The topological polar surface area (TPSA) is 57.8 Å². The van der Waals surface area contributed by atoms with Gasteiger partial charge in [0.25, 0.3) is 5.91 Å². The Morgan fingerprint density at radius 1 is 1.00 bits per heavy atom. The molecule has 2 N–H and O–H groups in total. The zero-order chi connectivity index (χ0) is 19.0. The number of aromatic nitrogens is 2. The number of halogens is 3. The zero-order valence-corrected chi connectivity index (χ0v) is 16.9. The van der Waals surface area contributed by atoms with Gasteiger partial charge in [0.2, 0.25) is 0 Å². The average Bonchev–Trinajstić information content (AvgIpc) is 3.07. The largest absolute Gasteiger partial charge is 0.338 e. The summed E-state index contributed by atoms with van der Waals surface area (Å²) in [5.74, 6) is 0.457. The number of carbonyl (C=O) groups is 1. The van der Waals surface area contributed by atoms with Gasteiger partial charge in [0.05, 0.1) is 21.6 Å². The third-order valence-electron chi connectivity index (χ3n) is 4.03. The van der Waals surface area contributed by atoms with Crippen molar-refractivity contribution in [3.8, 4) is 11.4 Å². The molecule has 0 radical (unpaired) electrons. The summed E-state index contributed by atoms with van der Waals surface area (Å²) in [5, 5.41) is 3.93. The summed E-state index contributed by atoms with van der Waals surface area (Å²) >= 11 is 15.4. The van der Waals surface area contributed by atoms with Crippen LogP contribution in [-0.2, 0) is 0 Å². The lowest BCUT2D eigenvalue weighted by Crippen LogP contribution is -2.12. The van der Waals surface area contributed by atoms with E-state index < -0.39 is 0 Å². The summed E-state index contributed by atoms with van der Waals surface area (Å²) in [7, 11) is 0. The number of nitrogens with zero attached hydrogens (tertiary/aromatic N) is 1. The number of hydrogen-bond donors (Lipinski definition) is 2. The van der Waals surface area contributed by atoms with Gasteiger partial charge in [0.15, 0.2) is 0 Å². The molecule has 0 fully saturated rings. The highest BCUT2D eigenvalue weighted by atomic mass is 79.9. The first-order valence-corrected chi connectivity index (χ1v) is 9.56. The van der Waals surface area contributed by atoms with Gasteiger partial charge in [-0.2, -0.15) is 0 Å². The first kappa shape index (κ1) is 18.0. The number of anilines is 1. The molecule has 1 aromatic heterocycles. The lowest BCUT2D eigenvalue weighted by molar-refractivity contribution is 0.102. The van der Waals surface area contributed by atoms with Gasteiger partial charge in [-0.15, -0.1) is 0 Å². The highest BCUT2D eigenvalue weighted by molar-refractivity contribution is 9.10. The third-order valence-corrected chi connectivity index (χ3v) is 5.11. The standard InChI is InChI=1S/C20H12BrCl2N3O/c21-12-3-7-16(23)15(9-12)20(27)24-14-6-8-17-18(10-14)26-19(25-17)11-1-4-13(22)5-2-11/h1-10H,(H,24,27)(H,25,26). The SMILES string of the molecule is O=C(Nc1ccc2nc(-c3ccc(Cl)cc3)[nH]c2c1)c1cc(Br)ccc1Cl. The maximum Gasteiger partial charge on any atom is 0.257 e. The summed E-state index contributed by atoms with van der Waals surface area (Å²) in [4.78, 5) is 20.4. The van der Waals surface area contributed by atoms with Crippen molar-refractivity contribution in [1.82, 2.24) is 9.97 Å². The highest BCUT2D eigenvalue weighted by Crippen LogP contribution is 2.26. The van der Waals surface area contributed by atoms with E-state index in [1.54, 1.807) is 24.3 Å². The van der Waals surface area contributed by atoms with Crippen molar-refractivity contribution < 1.29 is 4.79 Å². The van der Waals surface area contributed by atoms with Gasteiger partial charge in [-0.25, -0.2) is 4.98 Å². The van der Waals surface area contributed by atoms with E-state index in [9.17, 15) is 4.79 Å². The van der Waals surface area contributed by atoms with E-state index in [1.807, 2.05) is 36.4 Å². The zero-order valence-electron chi connectivity index (χ0n) is 13.8. The molecule has 4 rings (SSSR count). The van der Waals surface area contributed by atoms with E-state index in [0.717, 1.165) is 26.9 Å². The molecule has 0 aliphatic heterocycles. The molecule has 0 unspecified atom stereocenters. The van der Waals surface area contributed by atoms with Gasteiger partial charge in [0, 0.05) is 20.7 Å². The van der Waals surface area contributed by atoms with Crippen molar-refractivity contribution in [3.63, 3.8) is 0 Å². The Morgan fingerprint density at radius 2 is 1.78 bits per heavy atom. The van der Waals surface area contributed by atoms with Gasteiger partial charge in [-0.05, 0) is 60.7 Å². The van der Waals surface area contributed by atoms with Crippen LogP contribution in [0.2, 0.25) is 10.0 Å². The van der Waals surface area contributed by atoms with Gasteiger partial charge < -0.3 is 10.3 Å². The Labute approximate surface area is 173 Å². The van der Waals surface area contributed by atoms with Crippen molar-refractivity contribution >= 4 is 61.8 Å². The summed E-state index contributed by atoms with van der Waals surface area (Å²) < 4.78 is 0.786. The van der Waals surface area contributed by atoms with E-state index in [1.165, 1.54) is 0 Å². The molecule has 4 nitrogen and oxygen atoms in total. The van der Waals surface area contributed by atoms with Crippen LogP contribution in [0.15, 0.2) is 65.1 Å². The predicted octanol–water partition coefficient (Wildman–Crippen LogP) is 6.55. The van der Waals surface area contributed by atoms with E-state index >= 15 is 0 Å². The minimum atomic E-state index is -0.280. The minimum Gasteiger partial charge on any atom is -0.338 e. The lowest BCUT2D eigenvalue weighted by Gasteiger charge is -2.07. The van der Waals surface area contributed by atoms with E-state index in [-0.39, 0.29) is 5.91 Å². The molecule has 0 saturated heterocycles. The number of amides is 1. The molecular formula is C20H12BrCl2N3O. The van der Waals surface area contributed by atoms with Crippen LogP contribution in [0.25, 0.3) is 22.4 Å². The molecule has 0 saturated carbocycles. The average molecular weight is 461 g/mol. The van der Waals surface area contributed by atoms with Crippen LogP contribution < -0.4 is 5.32 Å². The van der Waals surface area contributed by atoms with Crippen molar-refractivity contribution in [2.45, 2.75) is 0 Å². The minimum absolute atomic E-state index is 0.280. The molecule has 1 amide bonds. The quantitative estimate of drug-likeness (QED) is 0.364. The Balaban J connectivity index is 1.62. The van der Waals surface area contributed by atoms with Crippen LogP contribution in [-0.4, -0.2) is 15.9 Å². The fourth-order valence-corrected chi connectivity index (χ4v) is 3.39. The first-order chi connectivity index (χ1) is 13.0. The smallest absolute Gasteiger partial charge is 0.257 e. The summed E-state index contributed by atoms with van der Waals surface area (Å²) in [6.07, 6.45) is 0. The van der Waals surface area contributed by atoms with Crippen LogP contribution >= 0.6 is 39.1 Å². The van der Waals surface area contributed by atoms with Gasteiger partial charge in [0.1, 0.15) is 5.82 Å². The van der Waals surface area contributed by atoms with E-state index in [2.05, 4.69) is 31.2 Å². The Bertz CT molecular complexity index is 1160. The van der Waals surface area contributed by atoms with E-state index in [0.29, 0.717) is 21.3 Å². The molecule has 134 valence electrons. The number of nitrogens with one attached hydrogen (secondary N) is 2. The van der Waals surface area contributed by atoms with Crippen LogP contribution in [0.4, 0.5) is 5.69 Å². The number of fused-ring (bicyclic) bond motifs is 1. The van der Waals surface area contributed by atoms with Crippen LogP contribution in [0.5, 0.6) is 0 Å². The molecule has 0 spiro atoms. The Hall–Kier alpha value is -2.34. The van der Waals surface area contributed by atoms with Gasteiger partial charge >= 0.3 is 0 Å². The molecule has 3 aromatic carbocycles. The van der Waals surface area contributed by atoms with Gasteiger partial charge in [-0.1, -0.05) is 39.1 Å². The van der Waals surface area contributed by atoms with Crippen LogP contribution in [0, 0.1) is 0 Å².